The second-order valence-electron chi connectivity index (χ2n) is 7.85. The number of hydrogen-bond acceptors (Lipinski definition) is 4. The van der Waals surface area contributed by atoms with Crippen LogP contribution in [-0.4, -0.2) is 34.8 Å². The van der Waals surface area contributed by atoms with Gasteiger partial charge in [0.15, 0.2) is 0 Å². The third-order valence-electron chi connectivity index (χ3n) is 6.11. The van der Waals surface area contributed by atoms with Crippen LogP contribution in [0.5, 0.6) is 5.75 Å². The number of nitrogens with zero attached hydrogens (tertiary/aromatic N) is 1. The first-order valence-corrected chi connectivity index (χ1v) is 10.9. The molecule has 0 radical (unpaired) electrons. The first-order chi connectivity index (χ1) is 14.4. The number of likely N-dealkylation sites (tertiary alicyclic amines) is 1. The molecular formula is C24H24BrNO4. The molecule has 0 aromatic heterocycles. The van der Waals surface area contributed by atoms with Crippen LogP contribution < -0.4 is 4.74 Å². The van der Waals surface area contributed by atoms with Crippen molar-refractivity contribution >= 4 is 33.4 Å². The lowest BCUT2D eigenvalue weighted by Crippen LogP contribution is -2.37. The molecule has 1 unspecified atom stereocenters. The quantitative estimate of drug-likeness (QED) is 0.382. The molecule has 1 amide bonds. The number of hydrogen-bond donors (Lipinski definition) is 1. The van der Waals surface area contributed by atoms with Crippen molar-refractivity contribution in [3.05, 3.63) is 69.2 Å². The Morgan fingerprint density at radius 3 is 2.47 bits per heavy atom. The molecule has 1 saturated heterocycles. The smallest absolute Gasteiger partial charge is 0.295 e. The molecule has 2 aromatic carbocycles. The van der Waals surface area contributed by atoms with Crippen molar-refractivity contribution in [2.75, 3.05) is 7.11 Å². The Morgan fingerprint density at radius 1 is 1.13 bits per heavy atom. The average Bonchev–Trinajstić information content (AvgIpc) is 3.35. The van der Waals surface area contributed by atoms with Crippen LogP contribution in [0, 0.1) is 6.92 Å². The van der Waals surface area contributed by atoms with E-state index in [0.717, 1.165) is 36.8 Å². The zero-order valence-electron chi connectivity index (χ0n) is 17.0. The van der Waals surface area contributed by atoms with Gasteiger partial charge >= 0.3 is 0 Å². The van der Waals surface area contributed by atoms with Crippen LogP contribution in [0.25, 0.3) is 5.76 Å². The van der Waals surface area contributed by atoms with Crippen LogP contribution in [-0.2, 0) is 9.59 Å². The zero-order chi connectivity index (χ0) is 21.4. The van der Waals surface area contributed by atoms with Gasteiger partial charge in [-0.1, -0.05) is 37.1 Å². The molecule has 2 aromatic rings. The lowest BCUT2D eigenvalue weighted by molar-refractivity contribution is -0.141. The van der Waals surface area contributed by atoms with Crippen molar-refractivity contribution < 1.29 is 19.4 Å². The molecule has 1 aliphatic heterocycles. The van der Waals surface area contributed by atoms with Crippen molar-refractivity contribution in [3.63, 3.8) is 0 Å². The number of halogens is 1. The van der Waals surface area contributed by atoms with E-state index >= 15 is 0 Å². The van der Waals surface area contributed by atoms with Crippen LogP contribution >= 0.6 is 15.9 Å². The fourth-order valence-electron chi connectivity index (χ4n) is 4.58. The molecule has 5 nitrogen and oxygen atoms in total. The van der Waals surface area contributed by atoms with Gasteiger partial charge in [0, 0.05) is 11.6 Å². The van der Waals surface area contributed by atoms with Crippen LogP contribution in [0.4, 0.5) is 0 Å². The molecule has 2 fully saturated rings. The number of methoxy groups -OCH3 is 1. The number of ketones is 1. The Labute approximate surface area is 184 Å². The fraction of sp³-hybridized carbons (Fsp3) is 0.333. The van der Waals surface area contributed by atoms with Crippen molar-refractivity contribution in [3.8, 4) is 5.75 Å². The van der Waals surface area contributed by atoms with Gasteiger partial charge in [0.2, 0.25) is 0 Å². The highest BCUT2D eigenvalue weighted by Crippen LogP contribution is 2.44. The van der Waals surface area contributed by atoms with Crippen LogP contribution in [0.3, 0.4) is 0 Å². The second-order valence-corrected chi connectivity index (χ2v) is 8.70. The maximum absolute atomic E-state index is 13.1. The highest BCUT2D eigenvalue weighted by atomic mass is 79.9. The summed E-state index contributed by atoms with van der Waals surface area (Å²) in [6, 6.07) is 12.3. The van der Waals surface area contributed by atoms with Crippen LogP contribution in [0.1, 0.15) is 48.4 Å². The van der Waals surface area contributed by atoms with E-state index in [4.69, 9.17) is 4.74 Å². The van der Waals surface area contributed by atoms with Crippen LogP contribution in [0.2, 0.25) is 0 Å². The molecule has 2 aliphatic rings. The van der Waals surface area contributed by atoms with E-state index in [1.54, 1.807) is 30.2 Å². The second kappa shape index (κ2) is 8.26. The molecule has 0 bridgehead atoms. The number of benzene rings is 2. The van der Waals surface area contributed by atoms with Crippen molar-refractivity contribution in [1.29, 1.82) is 0 Å². The molecular weight excluding hydrogens is 446 g/mol. The van der Waals surface area contributed by atoms with Crippen molar-refractivity contribution in [2.45, 2.75) is 44.7 Å². The molecule has 1 N–H and O–H groups in total. The molecule has 30 heavy (non-hydrogen) atoms. The predicted molar refractivity (Wildman–Crippen MR) is 118 cm³/mol. The van der Waals surface area contributed by atoms with E-state index in [-0.39, 0.29) is 17.4 Å². The predicted octanol–water partition coefficient (Wildman–Crippen LogP) is 5.13. The number of rotatable bonds is 4. The number of aliphatic hydroxyl groups is 1. The van der Waals surface area contributed by atoms with Crippen molar-refractivity contribution in [2.24, 2.45) is 0 Å². The van der Waals surface area contributed by atoms with E-state index < -0.39 is 17.7 Å². The Balaban J connectivity index is 1.90. The summed E-state index contributed by atoms with van der Waals surface area (Å²) in [5.74, 6) is -0.692. The summed E-state index contributed by atoms with van der Waals surface area (Å²) in [4.78, 5) is 28.0. The SMILES string of the molecule is COc1ccc(/C(O)=C2\C(=O)C(=O)N(C3CCCC3)C2c2ccccc2C)cc1Br. The first kappa shape index (κ1) is 20.7. The fourth-order valence-corrected chi connectivity index (χ4v) is 5.12. The van der Waals surface area contributed by atoms with Crippen molar-refractivity contribution in [1.82, 2.24) is 4.90 Å². The van der Waals surface area contributed by atoms with Gasteiger partial charge in [-0.2, -0.15) is 0 Å². The largest absolute Gasteiger partial charge is 0.507 e. The maximum Gasteiger partial charge on any atom is 0.295 e. The summed E-state index contributed by atoms with van der Waals surface area (Å²) in [5.41, 5.74) is 2.47. The molecule has 1 aliphatic carbocycles. The zero-order valence-corrected chi connectivity index (χ0v) is 18.6. The van der Waals surface area contributed by atoms with Gasteiger partial charge in [-0.05, 0) is 65.0 Å². The summed E-state index contributed by atoms with van der Waals surface area (Å²) in [7, 11) is 1.56. The molecule has 1 heterocycles. The summed E-state index contributed by atoms with van der Waals surface area (Å²) in [6.45, 7) is 1.97. The lowest BCUT2D eigenvalue weighted by Gasteiger charge is -2.31. The topological polar surface area (TPSA) is 66.8 Å². The molecule has 1 atom stereocenters. The van der Waals surface area contributed by atoms with Gasteiger partial charge < -0.3 is 14.7 Å². The minimum Gasteiger partial charge on any atom is -0.507 e. The van der Waals surface area contributed by atoms with E-state index in [0.29, 0.717) is 15.8 Å². The number of ether oxygens (including phenoxy) is 1. The molecule has 1 saturated carbocycles. The summed E-state index contributed by atoms with van der Waals surface area (Å²) < 4.78 is 5.92. The summed E-state index contributed by atoms with van der Waals surface area (Å²) in [6.07, 6.45) is 3.84. The summed E-state index contributed by atoms with van der Waals surface area (Å²) >= 11 is 3.43. The van der Waals surface area contributed by atoms with E-state index in [9.17, 15) is 14.7 Å². The van der Waals surface area contributed by atoms with E-state index in [2.05, 4.69) is 15.9 Å². The lowest BCUT2D eigenvalue weighted by atomic mass is 9.92. The van der Waals surface area contributed by atoms with Gasteiger partial charge in [-0.25, -0.2) is 0 Å². The molecule has 4 rings (SSSR count). The van der Waals surface area contributed by atoms with Gasteiger partial charge in [-0.3, -0.25) is 9.59 Å². The Hall–Kier alpha value is -2.60. The van der Waals surface area contributed by atoms with E-state index in [1.807, 2.05) is 31.2 Å². The monoisotopic (exact) mass is 469 g/mol. The highest BCUT2D eigenvalue weighted by Gasteiger charge is 2.49. The molecule has 0 spiro atoms. The standard InChI is InChI=1S/C24H24BrNO4/c1-14-7-3-6-10-17(14)21-20(22(27)15-11-12-19(30-2)18(25)13-15)23(28)24(29)26(21)16-8-4-5-9-16/h3,6-7,10-13,16,21,27H,4-5,8-9H2,1-2H3/b22-20+. The minimum atomic E-state index is -0.625. The first-order valence-electron chi connectivity index (χ1n) is 10.1. The Morgan fingerprint density at radius 2 is 1.83 bits per heavy atom. The number of aliphatic hydroxyl groups excluding tert-OH is 1. The third-order valence-corrected chi connectivity index (χ3v) is 6.73. The number of amides is 1. The molecule has 6 heteroatoms. The summed E-state index contributed by atoms with van der Waals surface area (Å²) in [5, 5.41) is 11.2. The Kier molecular flexibility index (Phi) is 5.69. The average molecular weight is 470 g/mol. The number of Topliss-reactive ketones (excluding diaryl/α,β-unsaturated/α-hetero) is 1. The normalized spacial score (nSPS) is 21.4. The third kappa shape index (κ3) is 3.43. The number of aryl methyl sites for hydroxylation is 1. The minimum absolute atomic E-state index is 0.0129. The van der Waals surface area contributed by atoms with Gasteiger partial charge in [-0.15, -0.1) is 0 Å². The maximum atomic E-state index is 13.1. The van der Waals surface area contributed by atoms with Gasteiger partial charge in [0.05, 0.1) is 23.2 Å². The van der Waals surface area contributed by atoms with Gasteiger partial charge in [0.1, 0.15) is 11.5 Å². The Bertz CT molecular complexity index is 1040. The van der Waals surface area contributed by atoms with Gasteiger partial charge in [0.25, 0.3) is 11.7 Å². The number of carbonyl (C=O) groups is 2. The van der Waals surface area contributed by atoms with E-state index in [1.165, 1.54) is 0 Å². The highest BCUT2D eigenvalue weighted by molar-refractivity contribution is 9.10. The van der Waals surface area contributed by atoms with Crippen LogP contribution in [0.15, 0.2) is 52.5 Å². The molecule has 156 valence electrons. The number of carbonyl (C=O) groups excluding carboxylic acids is 2.